The summed E-state index contributed by atoms with van der Waals surface area (Å²) in [7, 11) is 0. The summed E-state index contributed by atoms with van der Waals surface area (Å²) < 4.78 is 0. The first-order chi connectivity index (χ1) is 4.88. The number of aliphatic imine (C=N–C) groups is 2. The number of quaternary nitrogens is 1. The summed E-state index contributed by atoms with van der Waals surface area (Å²) in [4.78, 5) is 7.63. The Balaban J connectivity index is 2.45. The van der Waals surface area contributed by atoms with Crippen LogP contribution >= 0.6 is 0 Å². The highest BCUT2D eigenvalue weighted by molar-refractivity contribution is 5.79. The molecule has 2 rings (SSSR count). The SMILES string of the molecule is [O-][NH+]1C=NC=C2N=CC=C21. The highest BCUT2D eigenvalue weighted by atomic mass is 16.5. The van der Waals surface area contributed by atoms with E-state index < -0.39 is 0 Å². The lowest BCUT2D eigenvalue weighted by Crippen LogP contribution is -3.04. The predicted molar refractivity (Wildman–Crippen MR) is 37.5 cm³/mol. The molecule has 1 unspecified atom stereocenters. The molecule has 2 aliphatic rings. The second kappa shape index (κ2) is 1.86. The van der Waals surface area contributed by atoms with Crippen molar-refractivity contribution in [3.63, 3.8) is 0 Å². The van der Waals surface area contributed by atoms with E-state index in [1.165, 1.54) is 6.34 Å². The Morgan fingerprint density at radius 2 is 2.40 bits per heavy atom. The molecule has 0 amide bonds. The third kappa shape index (κ3) is 0.632. The number of hydrogen-bond donors (Lipinski definition) is 1. The van der Waals surface area contributed by atoms with E-state index in [9.17, 15) is 5.21 Å². The Labute approximate surface area is 57.5 Å². The number of fused-ring (bicyclic) bond motifs is 1. The van der Waals surface area contributed by atoms with E-state index in [1.807, 2.05) is 0 Å². The molecule has 0 bridgehead atoms. The van der Waals surface area contributed by atoms with E-state index in [2.05, 4.69) is 9.98 Å². The second-order valence-corrected chi connectivity index (χ2v) is 2.02. The maximum absolute atomic E-state index is 10.9. The molecule has 2 heterocycles. The van der Waals surface area contributed by atoms with Crippen molar-refractivity contribution in [2.24, 2.45) is 9.98 Å². The third-order valence-corrected chi connectivity index (χ3v) is 1.38. The highest BCUT2D eigenvalue weighted by Gasteiger charge is 2.16. The van der Waals surface area contributed by atoms with Gasteiger partial charge in [-0.3, -0.25) is 5.06 Å². The van der Waals surface area contributed by atoms with Crippen LogP contribution in [-0.2, 0) is 0 Å². The van der Waals surface area contributed by atoms with Crippen LogP contribution in [0.4, 0.5) is 0 Å². The molecule has 0 aliphatic carbocycles. The van der Waals surface area contributed by atoms with Gasteiger partial charge in [-0.15, -0.1) is 0 Å². The van der Waals surface area contributed by atoms with Crippen LogP contribution < -0.4 is 5.06 Å². The molecule has 0 fully saturated rings. The molecule has 0 aromatic carbocycles. The van der Waals surface area contributed by atoms with Crippen LogP contribution in [0.1, 0.15) is 0 Å². The smallest absolute Gasteiger partial charge is 0.193 e. The molecule has 4 nitrogen and oxygen atoms in total. The zero-order chi connectivity index (χ0) is 6.97. The molecule has 50 valence electrons. The van der Waals surface area contributed by atoms with Gasteiger partial charge in [0.2, 0.25) is 0 Å². The summed E-state index contributed by atoms with van der Waals surface area (Å²) in [5, 5.41) is 10.9. The topological polar surface area (TPSA) is 52.2 Å². The van der Waals surface area contributed by atoms with Crippen LogP contribution in [0.15, 0.2) is 33.7 Å². The van der Waals surface area contributed by atoms with Gasteiger partial charge >= 0.3 is 0 Å². The minimum Gasteiger partial charge on any atom is -0.623 e. The molecule has 0 saturated heterocycles. The normalized spacial score (nSPS) is 27.9. The van der Waals surface area contributed by atoms with Crippen molar-refractivity contribution < 1.29 is 5.06 Å². The van der Waals surface area contributed by atoms with Gasteiger partial charge in [0.1, 0.15) is 5.70 Å². The molecule has 4 heteroatoms. The molecule has 1 N–H and O–H groups in total. The van der Waals surface area contributed by atoms with Gasteiger partial charge in [-0.25, -0.2) is 9.98 Å². The first kappa shape index (κ1) is 5.52. The zero-order valence-electron chi connectivity index (χ0n) is 5.11. The van der Waals surface area contributed by atoms with Crippen molar-refractivity contribution in [1.29, 1.82) is 0 Å². The lowest BCUT2D eigenvalue weighted by Gasteiger charge is -2.18. The lowest BCUT2D eigenvalue weighted by molar-refractivity contribution is -0.690. The molecular formula is C6H5N3O. The Morgan fingerprint density at radius 1 is 1.50 bits per heavy atom. The van der Waals surface area contributed by atoms with E-state index in [4.69, 9.17) is 0 Å². The van der Waals surface area contributed by atoms with Gasteiger partial charge in [0.15, 0.2) is 12.0 Å². The minimum absolute atomic E-state index is 0.0602. The quantitative estimate of drug-likeness (QED) is 0.435. The standard InChI is InChI=1S/C6H5N3O/c10-9-4-7-3-5-6(9)1-2-8-5/h1-4,9H. The fourth-order valence-corrected chi connectivity index (χ4v) is 0.903. The number of hydroxylamine groups is 2. The molecule has 0 saturated carbocycles. The third-order valence-electron chi connectivity index (χ3n) is 1.38. The summed E-state index contributed by atoms with van der Waals surface area (Å²) in [6.45, 7) is 0. The van der Waals surface area contributed by atoms with Gasteiger partial charge in [0.25, 0.3) is 0 Å². The van der Waals surface area contributed by atoms with Crippen LogP contribution in [0, 0.1) is 5.21 Å². The van der Waals surface area contributed by atoms with Crippen LogP contribution in [0.2, 0.25) is 0 Å². The Morgan fingerprint density at radius 3 is 3.20 bits per heavy atom. The molecule has 0 aromatic rings. The summed E-state index contributed by atoms with van der Waals surface area (Å²) in [5.41, 5.74) is 1.32. The summed E-state index contributed by atoms with van der Waals surface area (Å²) in [6, 6.07) is 0. The fraction of sp³-hybridized carbons (Fsp3) is 0. The van der Waals surface area contributed by atoms with Crippen molar-refractivity contribution in [3.8, 4) is 0 Å². The van der Waals surface area contributed by atoms with Gasteiger partial charge in [-0.1, -0.05) is 0 Å². The first-order valence-electron chi connectivity index (χ1n) is 2.90. The molecule has 0 spiro atoms. The van der Waals surface area contributed by atoms with Crippen molar-refractivity contribution in [2.45, 2.75) is 0 Å². The summed E-state index contributed by atoms with van der Waals surface area (Å²) >= 11 is 0. The predicted octanol–water partition coefficient (Wildman–Crippen LogP) is -0.779. The van der Waals surface area contributed by atoms with Gasteiger partial charge in [-0.2, -0.15) is 0 Å². The molecule has 1 atom stereocenters. The molecule has 0 radical (unpaired) electrons. The van der Waals surface area contributed by atoms with Gasteiger partial charge in [-0.05, 0) is 0 Å². The fourth-order valence-electron chi connectivity index (χ4n) is 0.903. The summed E-state index contributed by atoms with van der Waals surface area (Å²) in [5.74, 6) is 0. The number of allylic oxidation sites excluding steroid dienone is 1. The Kier molecular flexibility index (Phi) is 1.03. The monoisotopic (exact) mass is 135 g/mol. The number of nitrogens with one attached hydrogen (secondary N) is 1. The highest BCUT2D eigenvalue weighted by Crippen LogP contribution is 2.10. The van der Waals surface area contributed by atoms with Gasteiger partial charge in [0.05, 0.1) is 6.20 Å². The molecule has 10 heavy (non-hydrogen) atoms. The number of hydrogen-bond acceptors (Lipinski definition) is 3. The molecule has 0 aromatic heterocycles. The van der Waals surface area contributed by atoms with Crippen LogP contribution in [0.25, 0.3) is 0 Å². The molecular weight excluding hydrogens is 130 g/mol. The van der Waals surface area contributed by atoms with Crippen molar-refractivity contribution >= 4 is 12.6 Å². The van der Waals surface area contributed by atoms with Gasteiger partial charge in [0, 0.05) is 12.3 Å². The lowest BCUT2D eigenvalue weighted by atomic mass is 10.3. The van der Waals surface area contributed by atoms with E-state index in [0.717, 1.165) is 0 Å². The first-order valence-corrected chi connectivity index (χ1v) is 2.90. The van der Waals surface area contributed by atoms with Crippen molar-refractivity contribution in [2.75, 3.05) is 0 Å². The van der Waals surface area contributed by atoms with Crippen molar-refractivity contribution in [3.05, 3.63) is 28.9 Å². The molecule has 2 aliphatic heterocycles. The van der Waals surface area contributed by atoms with Crippen LogP contribution in [0.3, 0.4) is 0 Å². The van der Waals surface area contributed by atoms with E-state index in [-0.39, 0.29) is 5.06 Å². The maximum atomic E-state index is 10.9. The average molecular weight is 135 g/mol. The average Bonchev–Trinajstić information content (AvgIpc) is 2.36. The second-order valence-electron chi connectivity index (χ2n) is 2.02. The minimum atomic E-state index is -0.0602. The number of nitrogens with zero attached hydrogens (tertiary/aromatic N) is 2. The summed E-state index contributed by atoms with van der Waals surface area (Å²) in [6.07, 6.45) is 6.17. The Hall–Kier alpha value is -1.26. The maximum Gasteiger partial charge on any atom is 0.193 e. The number of rotatable bonds is 0. The Bertz CT molecular complexity index is 275. The van der Waals surface area contributed by atoms with E-state index >= 15 is 0 Å². The zero-order valence-corrected chi connectivity index (χ0v) is 5.11. The van der Waals surface area contributed by atoms with E-state index in [1.54, 1.807) is 18.5 Å². The van der Waals surface area contributed by atoms with Crippen molar-refractivity contribution in [1.82, 2.24) is 0 Å². The van der Waals surface area contributed by atoms with Crippen LogP contribution in [-0.4, -0.2) is 12.6 Å². The van der Waals surface area contributed by atoms with Crippen LogP contribution in [0.5, 0.6) is 0 Å². The van der Waals surface area contributed by atoms with E-state index in [0.29, 0.717) is 11.4 Å². The largest absolute Gasteiger partial charge is 0.623 e. The van der Waals surface area contributed by atoms with Gasteiger partial charge < -0.3 is 5.21 Å².